The van der Waals surface area contributed by atoms with E-state index in [0.717, 1.165) is 0 Å². The third kappa shape index (κ3) is 121. The first kappa shape index (κ1) is 9.88. The van der Waals surface area contributed by atoms with E-state index in [-0.39, 0.29) is 21.1 Å². The quantitative estimate of drug-likeness (QED) is 0.580. The van der Waals surface area contributed by atoms with Crippen molar-refractivity contribution in [3.63, 3.8) is 0 Å². The van der Waals surface area contributed by atoms with Gasteiger partial charge in [0.15, 0.2) is 0 Å². The van der Waals surface area contributed by atoms with Crippen LogP contribution in [0.3, 0.4) is 0 Å². The Bertz CT molecular complexity index is 90.7. The third-order valence-corrected chi connectivity index (χ3v) is 0. The van der Waals surface area contributed by atoms with Gasteiger partial charge in [-0.2, -0.15) is 0 Å². The summed E-state index contributed by atoms with van der Waals surface area (Å²) in [6.07, 6.45) is 0. The zero-order chi connectivity index (χ0) is 4.50. The summed E-state index contributed by atoms with van der Waals surface area (Å²) in [5, 5.41) is 0. The molecule has 0 saturated heterocycles. The molecule has 0 heterocycles. The Morgan fingerprint density at radius 3 is 1.17 bits per heavy atom. The minimum atomic E-state index is -5.25. The van der Waals surface area contributed by atoms with Gasteiger partial charge in [-0.15, -0.1) is 0 Å². The van der Waals surface area contributed by atoms with Crippen molar-refractivity contribution >= 4 is 0 Å². The van der Waals surface area contributed by atoms with E-state index in [1.54, 1.807) is 0 Å². The van der Waals surface area contributed by atoms with Crippen LogP contribution >= 0.6 is 0 Å². The van der Waals surface area contributed by atoms with Crippen molar-refractivity contribution < 1.29 is 50.6 Å². The van der Waals surface area contributed by atoms with Gasteiger partial charge in [0.25, 0.3) is 0 Å². The van der Waals surface area contributed by atoms with Gasteiger partial charge in [0, 0.05) is 21.1 Å². The molecule has 4 nitrogen and oxygen atoms in total. The first-order valence-electron chi connectivity index (χ1n) is 0.698. The van der Waals surface area contributed by atoms with Crippen LogP contribution in [0, 0.1) is 0 Å². The van der Waals surface area contributed by atoms with Crippen LogP contribution in [0.5, 0.6) is 0 Å². The molecule has 0 aliphatic heterocycles. The molecule has 0 rings (SSSR count). The molecular weight excluding hydrogens is 300 g/mol. The fourth-order valence-electron chi connectivity index (χ4n) is 0. The molecule has 0 radical (unpaired) electrons. The van der Waals surface area contributed by atoms with Crippen LogP contribution in [0.15, 0.2) is 0 Å². The summed E-state index contributed by atoms with van der Waals surface area (Å²) in [7, 11) is 0. The summed E-state index contributed by atoms with van der Waals surface area (Å²) in [5.41, 5.74) is 0. The molecule has 0 fully saturated rings. The summed E-state index contributed by atoms with van der Waals surface area (Å²) in [5.74, 6) is 0. The zero-order valence-corrected chi connectivity index (χ0v) is 6.74. The van der Waals surface area contributed by atoms with Crippen LogP contribution in [-0.4, -0.2) is 8.32 Å². The van der Waals surface area contributed by atoms with Gasteiger partial charge in [-0.05, 0) is 0 Å². The molecule has 0 aromatic carbocycles. The normalized spacial score (nSPS) is 9.67. The van der Waals surface area contributed by atoms with Crippen LogP contribution in [0.1, 0.15) is 0 Å². The Labute approximate surface area is 50.8 Å². The molecule has 0 atom stereocenters. The maximum absolute atomic E-state index is 8.82. The monoisotopic (exact) mass is 302 g/mol. The van der Waals surface area contributed by atoms with Gasteiger partial charge in [0.1, 0.15) is 0 Å². The van der Waals surface area contributed by atoms with E-state index in [4.69, 9.17) is 15.9 Å². The van der Waals surface area contributed by atoms with Crippen molar-refractivity contribution in [3.8, 4) is 0 Å². The van der Waals surface area contributed by atoms with E-state index in [0.29, 0.717) is 0 Å². The van der Waals surface area contributed by atoms with Crippen molar-refractivity contribution in [2.75, 3.05) is 0 Å². The number of hydrogen-bond donors (Lipinski definition) is 2. The molecular formula is H2CrO4W. The molecule has 6 heavy (non-hydrogen) atoms. The minimum Gasteiger partial charge on any atom is 0 e. The molecule has 0 spiro atoms. The zero-order valence-electron chi connectivity index (χ0n) is 2.53. The fraction of sp³-hybridized carbons (Fsp3) is 0. The molecule has 0 aliphatic carbocycles. The molecule has 0 saturated carbocycles. The molecule has 0 aliphatic rings. The Morgan fingerprint density at radius 2 is 1.17 bits per heavy atom. The fourth-order valence-corrected chi connectivity index (χ4v) is 0. The summed E-state index contributed by atoms with van der Waals surface area (Å²) < 4.78 is 31.9. The molecule has 0 amide bonds. The van der Waals surface area contributed by atoms with Gasteiger partial charge >= 0.3 is 29.5 Å². The van der Waals surface area contributed by atoms with E-state index >= 15 is 0 Å². The maximum atomic E-state index is 8.82. The number of hydrogen-bond acceptors (Lipinski definition) is 2. The molecule has 2 N–H and O–H groups in total. The minimum absolute atomic E-state index is 0. The van der Waals surface area contributed by atoms with Crippen LogP contribution in [0.25, 0.3) is 0 Å². The van der Waals surface area contributed by atoms with Crippen molar-refractivity contribution in [2.24, 2.45) is 0 Å². The van der Waals surface area contributed by atoms with Crippen molar-refractivity contribution in [1.29, 1.82) is 0 Å². The topological polar surface area (TPSA) is 74.6 Å². The molecule has 6 heteroatoms. The second kappa shape index (κ2) is 2.84. The average Bonchev–Trinajstić information content (AvgIpc) is 0.722. The molecule has 0 aromatic rings. The Hall–Kier alpha value is 0.741. The standard InChI is InChI=1S/Cr.2H2O.2O.W/h;2*1H2;;;/q+2;;;;;/p-2. The van der Waals surface area contributed by atoms with E-state index < -0.39 is 13.6 Å². The van der Waals surface area contributed by atoms with Gasteiger partial charge in [0.05, 0.1) is 0 Å². The maximum Gasteiger partial charge on any atom is 0 e. The van der Waals surface area contributed by atoms with Crippen LogP contribution in [0.4, 0.5) is 0 Å². The summed E-state index contributed by atoms with van der Waals surface area (Å²) in [6, 6.07) is 0. The molecule has 38 valence electrons. The largest absolute Gasteiger partial charge is 0 e. The Morgan fingerprint density at radius 1 is 1.17 bits per heavy atom. The first-order chi connectivity index (χ1) is 2.00. The summed E-state index contributed by atoms with van der Waals surface area (Å²) >= 11 is -5.25. The van der Waals surface area contributed by atoms with Gasteiger partial charge in [-0.1, -0.05) is 0 Å². The number of rotatable bonds is 0. The van der Waals surface area contributed by atoms with E-state index in [1.165, 1.54) is 0 Å². The van der Waals surface area contributed by atoms with Crippen molar-refractivity contribution in [3.05, 3.63) is 0 Å². The van der Waals surface area contributed by atoms with Crippen molar-refractivity contribution in [2.45, 2.75) is 0 Å². The smallest absolute Gasteiger partial charge is 0 e. The Balaban J connectivity index is 0. The average molecular weight is 302 g/mol. The predicted octanol–water partition coefficient (Wildman–Crippen LogP) is -1.36. The van der Waals surface area contributed by atoms with Gasteiger partial charge in [-0.3, -0.25) is 0 Å². The van der Waals surface area contributed by atoms with E-state index in [1.807, 2.05) is 0 Å². The molecule has 0 bridgehead atoms. The van der Waals surface area contributed by atoms with Crippen LogP contribution in [0.2, 0.25) is 0 Å². The van der Waals surface area contributed by atoms with E-state index in [2.05, 4.69) is 0 Å². The predicted molar refractivity (Wildman–Crippen MR) is 5.81 cm³/mol. The Kier molecular flexibility index (Phi) is 4.68. The molecule has 0 aromatic heterocycles. The van der Waals surface area contributed by atoms with Crippen LogP contribution in [-0.2, 0) is 42.3 Å². The summed E-state index contributed by atoms with van der Waals surface area (Å²) in [4.78, 5) is 0. The van der Waals surface area contributed by atoms with Gasteiger partial charge < -0.3 is 0 Å². The van der Waals surface area contributed by atoms with Crippen LogP contribution < -0.4 is 0 Å². The molecule has 0 unspecified atom stereocenters. The first-order valence-corrected chi connectivity index (χ1v) is 2.88. The second-order valence-corrected chi connectivity index (χ2v) is 1.85. The second-order valence-electron chi connectivity index (χ2n) is 0.448. The van der Waals surface area contributed by atoms with E-state index in [9.17, 15) is 0 Å². The van der Waals surface area contributed by atoms with Gasteiger partial charge in [-0.25, -0.2) is 0 Å². The third-order valence-electron chi connectivity index (χ3n) is 0. The summed E-state index contributed by atoms with van der Waals surface area (Å²) in [6.45, 7) is 0. The van der Waals surface area contributed by atoms with Gasteiger partial charge in [0.2, 0.25) is 0 Å². The SMILES string of the molecule is [O]=[Cr](=[O])([OH])[OH].[W]. The van der Waals surface area contributed by atoms with Crippen molar-refractivity contribution in [1.82, 2.24) is 0 Å².